The molecule has 2 unspecified atom stereocenters. The zero-order valence-electron chi connectivity index (χ0n) is 13.8. The Morgan fingerprint density at radius 2 is 2.13 bits per heavy atom. The van der Waals surface area contributed by atoms with Gasteiger partial charge in [0.2, 0.25) is 12.7 Å². The second-order valence-electron chi connectivity index (χ2n) is 6.71. The van der Waals surface area contributed by atoms with E-state index in [4.69, 9.17) is 19.9 Å². The summed E-state index contributed by atoms with van der Waals surface area (Å²) < 4.78 is 16.3. The molecule has 6 nitrogen and oxygen atoms in total. The number of benzene rings is 1. The van der Waals surface area contributed by atoms with Crippen LogP contribution in [0.3, 0.4) is 0 Å². The molecule has 1 aromatic carbocycles. The van der Waals surface area contributed by atoms with Gasteiger partial charge in [-0.05, 0) is 24.6 Å². The highest BCUT2D eigenvalue weighted by molar-refractivity contribution is 5.88. The number of carbonyl (C=O) groups excluding carboxylic acids is 1. The molecule has 1 aliphatic carbocycles. The predicted molar refractivity (Wildman–Crippen MR) is 85.1 cm³/mol. The first kappa shape index (κ1) is 16.1. The molecule has 1 heterocycles. The Morgan fingerprint density at radius 1 is 1.39 bits per heavy atom. The van der Waals surface area contributed by atoms with E-state index in [9.17, 15) is 4.79 Å². The first-order chi connectivity index (χ1) is 10.9. The minimum absolute atomic E-state index is 0.0220. The van der Waals surface area contributed by atoms with Crippen LogP contribution in [0.4, 0.5) is 0 Å². The van der Waals surface area contributed by atoms with Gasteiger partial charge in [-0.3, -0.25) is 4.79 Å². The Bertz CT molecular complexity index is 617. The van der Waals surface area contributed by atoms with Crippen LogP contribution in [-0.2, 0) is 16.1 Å². The van der Waals surface area contributed by atoms with E-state index in [0.717, 1.165) is 11.3 Å². The molecular weight excluding hydrogens is 296 g/mol. The quantitative estimate of drug-likeness (QED) is 0.860. The SMILES string of the molecule is CCOC1CC(N)(C(=O)NCc2ccc3c(c2)OCO3)C1(C)C. The lowest BCUT2D eigenvalue weighted by Crippen LogP contribution is -2.75. The van der Waals surface area contributed by atoms with Gasteiger partial charge in [-0.2, -0.15) is 0 Å². The minimum atomic E-state index is -0.900. The van der Waals surface area contributed by atoms with Gasteiger partial charge in [0, 0.05) is 25.0 Å². The van der Waals surface area contributed by atoms with Crippen molar-refractivity contribution in [3.63, 3.8) is 0 Å². The van der Waals surface area contributed by atoms with Crippen molar-refractivity contribution in [2.75, 3.05) is 13.4 Å². The van der Waals surface area contributed by atoms with Gasteiger partial charge in [0.15, 0.2) is 11.5 Å². The van der Waals surface area contributed by atoms with Crippen LogP contribution >= 0.6 is 0 Å². The van der Waals surface area contributed by atoms with Gasteiger partial charge in [-0.25, -0.2) is 0 Å². The summed E-state index contributed by atoms with van der Waals surface area (Å²) in [6.45, 7) is 7.19. The van der Waals surface area contributed by atoms with Gasteiger partial charge >= 0.3 is 0 Å². The van der Waals surface area contributed by atoms with Crippen LogP contribution in [0.1, 0.15) is 32.8 Å². The monoisotopic (exact) mass is 320 g/mol. The summed E-state index contributed by atoms with van der Waals surface area (Å²) in [5.74, 6) is 1.30. The van der Waals surface area contributed by atoms with Crippen molar-refractivity contribution in [1.82, 2.24) is 5.32 Å². The van der Waals surface area contributed by atoms with Crippen molar-refractivity contribution in [3.8, 4) is 11.5 Å². The zero-order chi connectivity index (χ0) is 16.7. The summed E-state index contributed by atoms with van der Waals surface area (Å²) in [4.78, 5) is 12.6. The van der Waals surface area contributed by atoms with Gasteiger partial charge in [-0.15, -0.1) is 0 Å². The topological polar surface area (TPSA) is 82.8 Å². The molecule has 1 aromatic rings. The molecule has 23 heavy (non-hydrogen) atoms. The van der Waals surface area contributed by atoms with Crippen LogP contribution in [0.25, 0.3) is 0 Å². The standard InChI is InChI=1S/C17H24N2O4/c1-4-21-14-8-17(18,16(14,2)3)15(20)19-9-11-5-6-12-13(7-11)23-10-22-12/h5-7,14H,4,8-10,18H2,1-3H3,(H,19,20). The Balaban J connectivity index is 1.61. The fourth-order valence-electron chi connectivity index (χ4n) is 3.21. The highest BCUT2D eigenvalue weighted by atomic mass is 16.7. The highest BCUT2D eigenvalue weighted by Crippen LogP contribution is 2.49. The smallest absolute Gasteiger partial charge is 0.241 e. The van der Waals surface area contributed by atoms with Crippen molar-refractivity contribution >= 4 is 5.91 Å². The van der Waals surface area contributed by atoms with Gasteiger partial charge in [-0.1, -0.05) is 19.9 Å². The van der Waals surface area contributed by atoms with Crippen molar-refractivity contribution in [2.24, 2.45) is 11.1 Å². The second kappa shape index (κ2) is 5.69. The summed E-state index contributed by atoms with van der Waals surface area (Å²) in [6, 6.07) is 5.63. The molecule has 1 amide bonds. The summed E-state index contributed by atoms with van der Waals surface area (Å²) in [6.07, 6.45) is 0.565. The first-order valence-corrected chi connectivity index (χ1v) is 7.96. The largest absolute Gasteiger partial charge is 0.454 e. The van der Waals surface area contributed by atoms with Crippen LogP contribution in [0.2, 0.25) is 0 Å². The molecule has 0 saturated heterocycles. The van der Waals surface area contributed by atoms with Crippen molar-refractivity contribution in [2.45, 2.75) is 45.4 Å². The fourth-order valence-corrected chi connectivity index (χ4v) is 3.21. The number of amides is 1. The Labute approximate surface area is 136 Å². The lowest BCUT2D eigenvalue weighted by atomic mass is 9.54. The molecule has 0 radical (unpaired) electrons. The van der Waals surface area contributed by atoms with Crippen LogP contribution in [0.5, 0.6) is 11.5 Å². The van der Waals surface area contributed by atoms with Crippen molar-refractivity contribution < 1.29 is 19.0 Å². The Kier molecular flexibility index (Phi) is 3.98. The number of hydrogen-bond acceptors (Lipinski definition) is 5. The molecule has 126 valence electrons. The van der Waals surface area contributed by atoms with Gasteiger partial charge in [0.1, 0.15) is 5.54 Å². The van der Waals surface area contributed by atoms with Gasteiger partial charge in [0.25, 0.3) is 0 Å². The molecule has 0 spiro atoms. The predicted octanol–water partition coefficient (Wildman–Crippen LogP) is 1.56. The van der Waals surface area contributed by atoms with E-state index in [1.807, 2.05) is 39.0 Å². The van der Waals surface area contributed by atoms with Crippen LogP contribution in [0.15, 0.2) is 18.2 Å². The lowest BCUT2D eigenvalue weighted by Gasteiger charge is -2.57. The molecule has 3 rings (SSSR count). The van der Waals surface area contributed by atoms with Crippen molar-refractivity contribution in [1.29, 1.82) is 0 Å². The van der Waals surface area contributed by atoms with E-state index in [-0.39, 0.29) is 24.2 Å². The molecule has 0 aromatic heterocycles. The van der Waals surface area contributed by atoms with Crippen LogP contribution < -0.4 is 20.5 Å². The Morgan fingerprint density at radius 3 is 2.83 bits per heavy atom. The fraction of sp³-hybridized carbons (Fsp3) is 0.588. The van der Waals surface area contributed by atoms with E-state index in [1.165, 1.54) is 0 Å². The number of fused-ring (bicyclic) bond motifs is 1. The third-order valence-electron chi connectivity index (χ3n) is 5.13. The number of ether oxygens (including phenoxy) is 3. The third kappa shape index (κ3) is 2.56. The summed E-state index contributed by atoms with van der Waals surface area (Å²) >= 11 is 0. The van der Waals surface area contributed by atoms with Gasteiger partial charge in [0.05, 0.1) is 6.10 Å². The highest BCUT2D eigenvalue weighted by Gasteiger charge is 2.62. The molecule has 2 atom stereocenters. The number of nitrogens with one attached hydrogen (secondary N) is 1. The van der Waals surface area contributed by atoms with Gasteiger partial charge < -0.3 is 25.3 Å². The Hall–Kier alpha value is -1.79. The summed E-state index contributed by atoms with van der Waals surface area (Å²) in [7, 11) is 0. The van der Waals surface area contributed by atoms with E-state index in [2.05, 4.69) is 5.32 Å². The maximum Gasteiger partial charge on any atom is 0.241 e. The lowest BCUT2D eigenvalue weighted by molar-refractivity contribution is -0.170. The third-order valence-corrected chi connectivity index (χ3v) is 5.13. The van der Waals surface area contributed by atoms with Crippen LogP contribution in [0, 0.1) is 5.41 Å². The molecule has 1 fully saturated rings. The molecule has 0 bridgehead atoms. The second-order valence-corrected chi connectivity index (χ2v) is 6.71. The number of nitrogens with two attached hydrogens (primary N) is 1. The van der Waals surface area contributed by atoms with E-state index < -0.39 is 5.54 Å². The maximum absolute atomic E-state index is 12.6. The number of rotatable bonds is 5. The van der Waals surface area contributed by atoms with E-state index >= 15 is 0 Å². The first-order valence-electron chi connectivity index (χ1n) is 7.96. The average molecular weight is 320 g/mol. The normalized spacial score (nSPS) is 27.4. The average Bonchev–Trinajstić information content (AvgIpc) is 2.99. The minimum Gasteiger partial charge on any atom is -0.454 e. The van der Waals surface area contributed by atoms with Crippen molar-refractivity contribution in [3.05, 3.63) is 23.8 Å². The molecule has 1 aliphatic heterocycles. The van der Waals surface area contributed by atoms with E-state index in [1.54, 1.807) is 0 Å². The molecular formula is C17H24N2O4. The molecule has 6 heteroatoms. The summed E-state index contributed by atoms with van der Waals surface area (Å²) in [5, 5.41) is 2.94. The van der Waals surface area contributed by atoms with E-state index in [0.29, 0.717) is 25.3 Å². The molecule has 2 aliphatic rings. The number of hydrogen-bond donors (Lipinski definition) is 2. The summed E-state index contributed by atoms with van der Waals surface area (Å²) in [5.41, 5.74) is 6.02. The number of carbonyl (C=O) groups is 1. The maximum atomic E-state index is 12.6. The molecule has 3 N–H and O–H groups in total. The van der Waals surface area contributed by atoms with Crippen LogP contribution in [-0.4, -0.2) is 30.9 Å². The zero-order valence-corrected chi connectivity index (χ0v) is 13.8. The molecule has 1 saturated carbocycles.